The van der Waals surface area contributed by atoms with Crippen molar-refractivity contribution in [3.8, 4) is 0 Å². The molecule has 0 unspecified atom stereocenters. The summed E-state index contributed by atoms with van der Waals surface area (Å²) in [6.07, 6.45) is 2.91. The molecule has 0 saturated heterocycles. The van der Waals surface area contributed by atoms with Crippen LogP contribution in [0.15, 0.2) is 0 Å². The van der Waals surface area contributed by atoms with Gasteiger partial charge in [-0.25, -0.2) is 0 Å². The van der Waals surface area contributed by atoms with Crippen molar-refractivity contribution in [3.63, 3.8) is 0 Å². The summed E-state index contributed by atoms with van der Waals surface area (Å²) in [4.78, 5) is 0. The highest BCUT2D eigenvalue weighted by Gasteiger charge is 2.35. The summed E-state index contributed by atoms with van der Waals surface area (Å²) >= 11 is 0. The van der Waals surface area contributed by atoms with Gasteiger partial charge in [-0.3, -0.25) is 0 Å². The van der Waals surface area contributed by atoms with E-state index in [9.17, 15) is 0 Å². The summed E-state index contributed by atoms with van der Waals surface area (Å²) in [6, 6.07) is 0. The number of rotatable bonds is 1. The van der Waals surface area contributed by atoms with Crippen LogP contribution in [0.5, 0.6) is 0 Å². The average molecular weight is 113 g/mol. The summed E-state index contributed by atoms with van der Waals surface area (Å²) in [5, 5.41) is 0. The first-order valence-electron chi connectivity index (χ1n) is 2.96. The molecular weight excluding hydrogens is 100 g/mol. The van der Waals surface area contributed by atoms with Crippen LogP contribution in [-0.4, -0.2) is 8.07 Å². The number of hydrogen-bond acceptors (Lipinski definition) is 0. The van der Waals surface area contributed by atoms with E-state index in [1.807, 2.05) is 5.54 Å². The molecule has 1 fully saturated rings. The Morgan fingerprint density at radius 3 is 1.57 bits per heavy atom. The maximum Gasteiger partial charge on any atom is 0.0508 e. The quantitative estimate of drug-likeness (QED) is 0.457. The summed E-state index contributed by atoms with van der Waals surface area (Å²) < 4.78 is 0. The maximum atomic E-state index is 2.43. The van der Waals surface area contributed by atoms with Crippen molar-refractivity contribution in [1.29, 1.82) is 0 Å². The Morgan fingerprint density at radius 1 is 1.14 bits per heavy atom. The zero-order valence-electron chi connectivity index (χ0n) is 5.41. The van der Waals surface area contributed by atoms with Crippen LogP contribution in [0.25, 0.3) is 0 Å². The van der Waals surface area contributed by atoms with Crippen molar-refractivity contribution in [2.75, 3.05) is 0 Å². The predicted octanol–water partition coefficient (Wildman–Crippen LogP) is 2.23. The van der Waals surface area contributed by atoms with Crippen molar-refractivity contribution in [2.45, 2.75) is 32.5 Å². The van der Waals surface area contributed by atoms with Gasteiger partial charge in [0.2, 0.25) is 0 Å². The SMILES string of the molecule is C[Si](C)(C)[C]1CC1. The van der Waals surface area contributed by atoms with E-state index < -0.39 is 8.07 Å². The molecule has 0 nitrogen and oxygen atoms in total. The van der Waals surface area contributed by atoms with Crippen molar-refractivity contribution in [2.24, 2.45) is 0 Å². The zero-order valence-corrected chi connectivity index (χ0v) is 6.41. The summed E-state index contributed by atoms with van der Waals surface area (Å²) in [7, 11) is -0.707. The van der Waals surface area contributed by atoms with E-state index >= 15 is 0 Å². The second kappa shape index (κ2) is 1.34. The molecule has 1 aliphatic carbocycles. The van der Waals surface area contributed by atoms with Gasteiger partial charge < -0.3 is 0 Å². The fraction of sp³-hybridized carbons (Fsp3) is 0.833. The third kappa shape index (κ3) is 1.30. The van der Waals surface area contributed by atoms with Crippen molar-refractivity contribution in [1.82, 2.24) is 0 Å². The summed E-state index contributed by atoms with van der Waals surface area (Å²) in [5.74, 6) is 0. The van der Waals surface area contributed by atoms with Crippen molar-refractivity contribution < 1.29 is 0 Å². The van der Waals surface area contributed by atoms with Gasteiger partial charge >= 0.3 is 0 Å². The minimum absolute atomic E-state index is 0.707. The fourth-order valence-corrected chi connectivity index (χ4v) is 2.44. The van der Waals surface area contributed by atoms with Crippen molar-refractivity contribution in [3.05, 3.63) is 5.54 Å². The highest BCUT2D eigenvalue weighted by atomic mass is 28.3. The van der Waals surface area contributed by atoms with Gasteiger partial charge in [0.25, 0.3) is 0 Å². The molecular formula is C6H13Si. The lowest BCUT2D eigenvalue weighted by Crippen LogP contribution is -2.21. The second-order valence-electron chi connectivity index (χ2n) is 3.35. The molecule has 1 radical (unpaired) electrons. The van der Waals surface area contributed by atoms with E-state index in [-0.39, 0.29) is 0 Å². The van der Waals surface area contributed by atoms with E-state index in [0.717, 1.165) is 0 Å². The minimum Gasteiger partial charge on any atom is -0.0691 e. The van der Waals surface area contributed by atoms with Gasteiger partial charge in [0, 0.05) is 0 Å². The summed E-state index contributed by atoms with van der Waals surface area (Å²) in [6.45, 7) is 7.28. The predicted molar refractivity (Wildman–Crippen MR) is 35.8 cm³/mol. The van der Waals surface area contributed by atoms with E-state index in [4.69, 9.17) is 0 Å². The second-order valence-corrected chi connectivity index (χ2v) is 8.56. The molecule has 0 aromatic heterocycles. The van der Waals surface area contributed by atoms with Gasteiger partial charge in [0.15, 0.2) is 0 Å². The first-order valence-corrected chi connectivity index (χ1v) is 6.46. The van der Waals surface area contributed by atoms with E-state index in [1.165, 1.54) is 12.8 Å². The third-order valence-corrected chi connectivity index (χ3v) is 4.18. The molecule has 1 heteroatoms. The maximum absolute atomic E-state index is 2.43. The lowest BCUT2D eigenvalue weighted by molar-refractivity contribution is 1.50. The topological polar surface area (TPSA) is 0 Å². The number of hydrogen-bond donors (Lipinski definition) is 0. The molecule has 41 valence electrons. The summed E-state index contributed by atoms with van der Waals surface area (Å²) in [5.41, 5.74) is 1.88. The molecule has 0 heterocycles. The highest BCUT2D eigenvalue weighted by Crippen LogP contribution is 2.40. The molecule has 1 saturated carbocycles. The molecule has 7 heavy (non-hydrogen) atoms. The highest BCUT2D eigenvalue weighted by molar-refractivity contribution is 6.82. The molecule has 0 aromatic rings. The van der Waals surface area contributed by atoms with Gasteiger partial charge in [-0.05, 0) is 18.4 Å². The van der Waals surface area contributed by atoms with Crippen LogP contribution in [0.3, 0.4) is 0 Å². The van der Waals surface area contributed by atoms with Crippen LogP contribution in [-0.2, 0) is 0 Å². The fourth-order valence-electron chi connectivity index (χ4n) is 0.812. The van der Waals surface area contributed by atoms with Gasteiger partial charge in [-0.2, -0.15) is 0 Å². The van der Waals surface area contributed by atoms with Crippen LogP contribution >= 0.6 is 0 Å². The van der Waals surface area contributed by atoms with Gasteiger partial charge in [-0.1, -0.05) is 19.6 Å². The Morgan fingerprint density at radius 2 is 1.57 bits per heavy atom. The average Bonchev–Trinajstić information content (AvgIpc) is 1.99. The molecule has 1 rings (SSSR count). The molecule has 0 atom stereocenters. The standard InChI is InChI=1S/C6H13Si/c1-7(2,3)6-4-5-6/h4-5H2,1-3H3. The van der Waals surface area contributed by atoms with Gasteiger partial charge in [0.05, 0.1) is 8.07 Å². The Kier molecular flexibility index (Phi) is 1.03. The largest absolute Gasteiger partial charge is 0.0691 e. The lowest BCUT2D eigenvalue weighted by atomic mass is 11.0. The first-order chi connectivity index (χ1) is 3.11. The lowest BCUT2D eigenvalue weighted by Gasteiger charge is -2.11. The monoisotopic (exact) mass is 113 g/mol. The molecule has 0 spiro atoms. The van der Waals surface area contributed by atoms with E-state index in [1.54, 1.807) is 0 Å². The Labute approximate surface area is 46.9 Å². The van der Waals surface area contributed by atoms with Crippen LogP contribution in [0.2, 0.25) is 19.6 Å². The molecule has 0 amide bonds. The molecule has 0 aliphatic heterocycles. The van der Waals surface area contributed by atoms with Gasteiger partial charge in [0.1, 0.15) is 0 Å². The Bertz CT molecular complexity index is 66.7. The van der Waals surface area contributed by atoms with Crippen LogP contribution in [0, 0.1) is 5.54 Å². The normalized spacial score (nSPS) is 22.7. The third-order valence-electron chi connectivity index (χ3n) is 1.56. The van der Waals surface area contributed by atoms with Crippen LogP contribution < -0.4 is 0 Å². The molecule has 0 bridgehead atoms. The minimum atomic E-state index is -0.707. The first kappa shape index (κ1) is 5.36. The smallest absolute Gasteiger partial charge is 0.0508 e. The zero-order chi connectivity index (χ0) is 5.49. The van der Waals surface area contributed by atoms with Crippen LogP contribution in [0.4, 0.5) is 0 Å². The van der Waals surface area contributed by atoms with Crippen LogP contribution in [0.1, 0.15) is 12.8 Å². The Balaban J connectivity index is 2.36. The molecule has 0 aromatic carbocycles. The van der Waals surface area contributed by atoms with E-state index in [0.29, 0.717) is 0 Å². The molecule has 1 aliphatic rings. The molecule has 0 N–H and O–H groups in total. The Hall–Kier alpha value is 0.217. The van der Waals surface area contributed by atoms with Gasteiger partial charge in [-0.15, -0.1) is 0 Å². The van der Waals surface area contributed by atoms with Crippen molar-refractivity contribution >= 4 is 8.07 Å². The van der Waals surface area contributed by atoms with E-state index in [2.05, 4.69) is 19.6 Å².